The molecule has 1 heterocycles. The van der Waals surface area contributed by atoms with Gasteiger partial charge in [0.1, 0.15) is 0 Å². The van der Waals surface area contributed by atoms with Crippen molar-refractivity contribution in [1.82, 2.24) is 5.32 Å². The van der Waals surface area contributed by atoms with Crippen LogP contribution >= 0.6 is 0 Å². The first kappa shape index (κ1) is 20.7. The smallest absolute Gasteiger partial charge is 0.376 e. The highest BCUT2D eigenvalue weighted by Gasteiger charge is 2.37. The van der Waals surface area contributed by atoms with Gasteiger partial charge >= 0.3 is 12.4 Å². The SMILES string of the molecule is FC(F)(F)c1cc(COC[C@H]2CNC[C@@H]2c2ccccc2)cc(C(F)(F)F)c1. The zero-order valence-corrected chi connectivity index (χ0v) is 14.8. The van der Waals surface area contributed by atoms with E-state index >= 15 is 0 Å². The Kier molecular flexibility index (Phi) is 6.00. The molecule has 0 unspecified atom stereocenters. The van der Waals surface area contributed by atoms with E-state index in [1.165, 1.54) is 0 Å². The van der Waals surface area contributed by atoms with E-state index in [4.69, 9.17) is 4.74 Å². The number of hydrogen-bond acceptors (Lipinski definition) is 2. The molecule has 0 amide bonds. The van der Waals surface area contributed by atoms with Gasteiger partial charge < -0.3 is 10.1 Å². The number of rotatable bonds is 5. The minimum Gasteiger partial charge on any atom is -0.376 e. The Bertz CT molecular complexity index is 755. The van der Waals surface area contributed by atoms with Crippen LogP contribution in [0.1, 0.15) is 28.2 Å². The molecule has 0 spiro atoms. The fraction of sp³-hybridized carbons (Fsp3) is 0.400. The molecule has 0 bridgehead atoms. The average molecular weight is 403 g/mol. The van der Waals surface area contributed by atoms with Crippen molar-refractivity contribution in [2.75, 3.05) is 19.7 Å². The van der Waals surface area contributed by atoms with Crippen molar-refractivity contribution < 1.29 is 31.1 Å². The lowest BCUT2D eigenvalue weighted by atomic mass is 9.89. The van der Waals surface area contributed by atoms with E-state index < -0.39 is 23.5 Å². The van der Waals surface area contributed by atoms with Crippen molar-refractivity contribution in [1.29, 1.82) is 0 Å². The summed E-state index contributed by atoms with van der Waals surface area (Å²) in [6.07, 6.45) is -9.71. The fourth-order valence-electron chi connectivity index (χ4n) is 3.43. The molecule has 0 aliphatic carbocycles. The van der Waals surface area contributed by atoms with Crippen LogP contribution in [0, 0.1) is 5.92 Å². The third-order valence-electron chi connectivity index (χ3n) is 4.82. The highest BCUT2D eigenvalue weighted by Crippen LogP contribution is 2.36. The van der Waals surface area contributed by atoms with Crippen molar-refractivity contribution >= 4 is 0 Å². The Balaban J connectivity index is 1.69. The quantitative estimate of drug-likeness (QED) is 0.689. The number of alkyl halides is 6. The van der Waals surface area contributed by atoms with E-state index in [2.05, 4.69) is 5.32 Å². The zero-order valence-electron chi connectivity index (χ0n) is 14.8. The van der Waals surface area contributed by atoms with Crippen molar-refractivity contribution in [2.24, 2.45) is 5.92 Å². The first-order chi connectivity index (χ1) is 13.1. The van der Waals surface area contributed by atoms with Gasteiger partial charge in [0.05, 0.1) is 24.3 Å². The van der Waals surface area contributed by atoms with E-state index in [1.54, 1.807) is 0 Å². The second-order valence-electron chi connectivity index (χ2n) is 6.86. The summed E-state index contributed by atoms with van der Waals surface area (Å²) in [5.41, 5.74) is -1.68. The van der Waals surface area contributed by atoms with E-state index in [0.29, 0.717) is 18.7 Å². The molecule has 1 aliphatic heterocycles. The number of halogens is 6. The highest BCUT2D eigenvalue weighted by atomic mass is 19.4. The monoisotopic (exact) mass is 403 g/mol. The predicted molar refractivity (Wildman–Crippen MR) is 91.6 cm³/mol. The largest absolute Gasteiger partial charge is 0.416 e. The Morgan fingerprint density at radius 2 is 1.46 bits per heavy atom. The van der Waals surface area contributed by atoms with Crippen molar-refractivity contribution in [3.05, 3.63) is 70.8 Å². The Labute approximate surface area is 158 Å². The molecule has 1 aliphatic rings. The molecular formula is C20H19F6NO. The number of nitrogens with one attached hydrogen (secondary N) is 1. The van der Waals surface area contributed by atoms with Gasteiger partial charge in [-0.1, -0.05) is 30.3 Å². The molecule has 0 radical (unpaired) electrons. The number of benzene rings is 2. The lowest BCUT2D eigenvalue weighted by Crippen LogP contribution is -2.18. The van der Waals surface area contributed by atoms with Crippen LogP contribution in [-0.2, 0) is 23.7 Å². The minimum absolute atomic E-state index is 0.0929. The van der Waals surface area contributed by atoms with E-state index in [1.807, 2.05) is 30.3 Å². The molecule has 2 aromatic rings. The van der Waals surface area contributed by atoms with Crippen molar-refractivity contribution in [3.63, 3.8) is 0 Å². The summed E-state index contributed by atoms with van der Waals surface area (Å²) >= 11 is 0. The molecular weight excluding hydrogens is 384 g/mol. The first-order valence-corrected chi connectivity index (χ1v) is 8.76. The van der Waals surface area contributed by atoms with Crippen LogP contribution in [0.5, 0.6) is 0 Å². The van der Waals surface area contributed by atoms with Crippen LogP contribution in [0.15, 0.2) is 48.5 Å². The van der Waals surface area contributed by atoms with Gasteiger partial charge in [0.25, 0.3) is 0 Å². The maximum absolute atomic E-state index is 12.9. The molecule has 2 aromatic carbocycles. The lowest BCUT2D eigenvalue weighted by molar-refractivity contribution is -0.143. The van der Waals surface area contributed by atoms with Gasteiger partial charge in [-0.3, -0.25) is 0 Å². The van der Waals surface area contributed by atoms with Gasteiger partial charge in [0.2, 0.25) is 0 Å². The maximum Gasteiger partial charge on any atom is 0.416 e. The van der Waals surface area contributed by atoms with E-state index in [9.17, 15) is 26.3 Å². The van der Waals surface area contributed by atoms with E-state index in [0.717, 1.165) is 12.1 Å². The second kappa shape index (κ2) is 8.13. The zero-order chi connectivity index (χ0) is 20.4. The summed E-state index contributed by atoms with van der Waals surface area (Å²) in [5.74, 6) is 0.281. The summed E-state index contributed by atoms with van der Waals surface area (Å²) in [5, 5.41) is 3.25. The van der Waals surface area contributed by atoms with Gasteiger partial charge in [-0.05, 0) is 29.3 Å². The molecule has 152 valence electrons. The molecule has 28 heavy (non-hydrogen) atoms. The van der Waals surface area contributed by atoms with Gasteiger partial charge in [-0.25, -0.2) is 0 Å². The van der Waals surface area contributed by atoms with Crippen molar-refractivity contribution in [2.45, 2.75) is 24.9 Å². The van der Waals surface area contributed by atoms with Gasteiger partial charge in [0, 0.05) is 24.9 Å². The third-order valence-corrected chi connectivity index (χ3v) is 4.82. The summed E-state index contributed by atoms with van der Waals surface area (Å²) in [4.78, 5) is 0. The predicted octanol–water partition coefficient (Wildman–Crippen LogP) is 5.24. The molecule has 3 rings (SSSR count). The second-order valence-corrected chi connectivity index (χ2v) is 6.86. The van der Waals surface area contributed by atoms with Crippen LogP contribution < -0.4 is 5.32 Å². The number of hydrogen-bond donors (Lipinski definition) is 1. The summed E-state index contributed by atoms with van der Waals surface area (Å²) in [6.45, 7) is 1.35. The first-order valence-electron chi connectivity index (χ1n) is 8.76. The van der Waals surface area contributed by atoms with Gasteiger partial charge in [0.15, 0.2) is 0 Å². The molecule has 2 nitrogen and oxygen atoms in total. The topological polar surface area (TPSA) is 21.3 Å². The Hall–Kier alpha value is -2.06. The molecule has 1 saturated heterocycles. The van der Waals surface area contributed by atoms with Crippen LogP contribution in [0.25, 0.3) is 0 Å². The fourth-order valence-corrected chi connectivity index (χ4v) is 3.43. The summed E-state index contributed by atoms with van der Waals surface area (Å²) < 4.78 is 83.1. The third kappa shape index (κ3) is 5.05. The standard InChI is InChI=1S/C20H19F6NO/c21-19(22,23)16-6-13(7-17(8-16)20(24,25)26)11-28-12-15-9-27-10-18(15)14-4-2-1-3-5-14/h1-8,15,18,27H,9-12H2/t15-,18-/m1/s1. The number of ether oxygens (including phenoxy) is 1. The van der Waals surface area contributed by atoms with Crippen LogP contribution in [0.4, 0.5) is 26.3 Å². The van der Waals surface area contributed by atoms with Gasteiger partial charge in [-0.15, -0.1) is 0 Å². The molecule has 2 atom stereocenters. The lowest BCUT2D eigenvalue weighted by Gasteiger charge is -2.19. The molecule has 0 saturated carbocycles. The molecule has 1 N–H and O–H groups in total. The molecule has 1 fully saturated rings. The molecule has 0 aromatic heterocycles. The van der Waals surface area contributed by atoms with Crippen molar-refractivity contribution in [3.8, 4) is 0 Å². The average Bonchev–Trinajstić information content (AvgIpc) is 3.09. The Morgan fingerprint density at radius 3 is 2.04 bits per heavy atom. The van der Waals surface area contributed by atoms with Crippen LogP contribution in [0.2, 0.25) is 0 Å². The summed E-state index contributed by atoms with van der Waals surface area (Å²) in [7, 11) is 0. The van der Waals surface area contributed by atoms with Crippen LogP contribution in [-0.4, -0.2) is 19.7 Å². The van der Waals surface area contributed by atoms with Crippen LogP contribution in [0.3, 0.4) is 0 Å². The molecule has 8 heteroatoms. The van der Waals surface area contributed by atoms with Gasteiger partial charge in [-0.2, -0.15) is 26.3 Å². The minimum atomic E-state index is -4.86. The Morgan fingerprint density at radius 1 is 0.857 bits per heavy atom. The summed E-state index contributed by atoms with van der Waals surface area (Å²) in [6, 6.07) is 11.3. The van der Waals surface area contributed by atoms with E-state index in [-0.39, 0.29) is 36.7 Å². The highest BCUT2D eigenvalue weighted by molar-refractivity contribution is 5.33. The maximum atomic E-state index is 12.9. The normalized spacial score (nSPS) is 20.5.